The van der Waals surface area contributed by atoms with E-state index in [1.807, 2.05) is 6.92 Å². The standard InChI is InChI=1S/C9H12N2O3/c1-2-7-14-10-8-5-3-4-6-9(8)11(12)13/h3-6,10H,2,7H2,1H3. The Labute approximate surface area is 81.8 Å². The van der Waals surface area contributed by atoms with Crippen LogP contribution in [0.1, 0.15) is 13.3 Å². The molecule has 14 heavy (non-hydrogen) atoms. The molecular formula is C9H12N2O3. The van der Waals surface area contributed by atoms with Crippen LogP contribution in [0.15, 0.2) is 24.3 Å². The highest BCUT2D eigenvalue weighted by Crippen LogP contribution is 2.22. The molecule has 0 heterocycles. The van der Waals surface area contributed by atoms with Gasteiger partial charge in [0.25, 0.3) is 5.69 Å². The molecule has 0 unspecified atom stereocenters. The molecule has 0 aliphatic carbocycles. The van der Waals surface area contributed by atoms with Gasteiger partial charge in [-0.3, -0.25) is 20.4 Å². The van der Waals surface area contributed by atoms with Gasteiger partial charge in [0.15, 0.2) is 0 Å². The van der Waals surface area contributed by atoms with E-state index in [4.69, 9.17) is 4.84 Å². The van der Waals surface area contributed by atoms with E-state index in [1.165, 1.54) is 6.07 Å². The fraction of sp³-hybridized carbons (Fsp3) is 0.333. The molecule has 0 radical (unpaired) electrons. The monoisotopic (exact) mass is 196 g/mol. The molecule has 0 saturated carbocycles. The summed E-state index contributed by atoms with van der Waals surface area (Å²) < 4.78 is 0. The topological polar surface area (TPSA) is 64.4 Å². The fourth-order valence-electron chi connectivity index (χ4n) is 0.950. The molecule has 76 valence electrons. The van der Waals surface area contributed by atoms with Gasteiger partial charge in [0.1, 0.15) is 5.69 Å². The van der Waals surface area contributed by atoms with Crippen molar-refractivity contribution in [1.29, 1.82) is 0 Å². The van der Waals surface area contributed by atoms with Crippen molar-refractivity contribution >= 4 is 11.4 Å². The molecule has 0 bridgehead atoms. The van der Waals surface area contributed by atoms with E-state index in [9.17, 15) is 10.1 Å². The van der Waals surface area contributed by atoms with Crippen LogP contribution < -0.4 is 5.48 Å². The summed E-state index contributed by atoms with van der Waals surface area (Å²) in [5, 5.41) is 10.6. The number of anilines is 1. The molecular weight excluding hydrogens is 184 g/mol. The smallest absolute Gasteiger partial charge is 0.276 e. The second kappa shape index (κ2) is 5.18. The lowest BCUT2D eigenvalue weighted by Gasteiger charge is -2.05. The van der Waals surface area contributed by atoms with Crippen molar-refractivity contribution in [3.8, 4) is 0 Å². The number of nitrogens with zero attached hydrogens (tertiary/aromatic N) is 1. The second-order valence-electron chi connectivity index (χ2n) is 2.72. The van der Waals surface area contributed by atoms with Crippen LogP contribution in [0.2, 0.25) is 0 Å². The highest BCUT2D eigenvalue weighted by molar-refractivity contribution is 5.59. The Morgan fingerprint density at radius 1 is 1.50 bits per heavy atom. The van der Waals surface area contributed by atoms with Crippen LogP contribution in [-0.4, -0.2) is 11.5 Å². The average molecular weight is 196 g/mol. The molecule has 0 atom stereocenters. The van der Waals surface area contributed by atoms with Crippen LogP contribution in [0.25, 0.3) is 0 Å². The zero-order chi connectivity index (χ0) is 10.4. The predicted molar refractivity (Wildman–Crippen MR) is 53.0 cm³/mol. The molecule has 0 saturated heterocycles. The number of nitrogens with one attached hydrogen (secondary N) is 1. The lowest BCUT2D eigenvalue weighted by molar-refractivity contribution is -0.384. The van der Waals surface area contributed by atoms with Gasteiger partial charge in [-0.05, 0) is 12.5 Å². The first-order chi connectivity index (χ1) is 6.75. The summed E-state index contributed by atoms with van der Waals surface area (Å²) in [6.45, 7) is 2.48. The molecule has 0 spiro atoms. The van der Waals surface area contributed by atoms with Gasteiger partial charge in [-0.1, -0.05) is 19.1 Å². The SMILES string of the molecule is CCCONc1ccccc1[N+](=O)[O-]. The van der Waals surface area contributed by atoms with Crippen LogP contribution in [-0.2, 0) is 4.84 Å². The van der Waals surface area contributed by atoms with Gasteiger partial charge < -0.3 is 0 Å². The number of para-hydroxylation sites is 2. The zero-order valence-electron chi connectivity index (χ0n) is 7.90. The van der Waals surface area contributed by atoms with Crippen molar-refractivity contribution in [1.82, 2.24) is 0 Å². The highest BCUT2D eigenvalue weighted by Gasteiger charge is 2.11. The predicted octanol–water partition coefficient (Wildman–Crippen LogP) is 2.35. The minimum atomic E-state index is -0.447. The molecule has 0 aliphatic heterocycles. The van der Waals surface area contributed by atoms with E-state index in [2.05, 4.69) is 5.48 Å². The van der Waals surface area contributed by atoms with Gasteiger partial charge in [0.2, 0.25) is 0 Å². The van der Waals surface area contributed by atoms with E-state index < -0.39 is 4.92 Å². The quantitative estimate of drug-likeness (QED) is 0.446. The lowest BCUT2D eigenvalue weighted by Crippen LogP contribution is -2.04. The summed E-state index contributed by atoms with van der Waals surface area (Å²) in [7, 11) is 0. The van der Waals surface area contributed by atoms with Crippen molar-refractivity contribution in [2.45, 2.75) is 13.3 Å². The molecule has 0 amide bonds. The van der Waals surface area contributed by atoms with Crippen LogP contribution in [0.5, 0.6) is 0 Å². The van der Waals surface area contributed by atoms with Crippen LogP contribution in [0.3, 0.4) is 0 Å². The van der Waals surface area contributed by atoms with Crippen molar-refractivity contribution in [3.05, 3.63) is 34.4 Å². The first-order valence-electron chi connectivity index (χ1n) is 4.37. The van der Waals surface area contributed by atoms with Crippen molar-refractivity contribution in [3.63, 3.8) is 0 Å². The maximum Gasteiger partial charge on any atom is 0.294 e. The number of hydrogen-bond donors (Lipinski definition) is 1. The van der Waals surface area contributed by atoms with Gasteiger partial charge >= 0.3 is 0 Å². The second-order valence-corrected chi connectivity index (χ2v) is 2.72. The van der Waals surface area contributed by atoms with Gasteiger partial charge in [0.05, 0.1) is 11.5 Å². The van der Waals surface area contributed by atoms with E-state index in [1.54, 1.807) is 18.2 Å². The summed E-state index contributed by atoms with van der Waals surface area (Å²) in [5.41, 5.74) is 2.95. The molecule has 0 fully saturated rings. The minimum absolute atomic E-state index is 0.0172. The third kappa shape index (κ3) is 2.70. The minimum Gasteiger partial charge on any atom is -0.276 e. The molecule has 1 aromatic rings. The molecule has 1 aromatic carbocycles. The number of hydrogen-bond acceptors (Lipinski definition) is 4. The third-order valence-corrected chi connectivity index (χ3v) is 1.59. The first-order valence-corrected chi connectivity index (χ1v) is 4.37. The molecule has 1 rings (SSSR count). The van der Waals surface area contributed by atoms with Crippen LogP contribution in [0.4, 0.5) is 11.4 Å². The summed E-state index contributed by atoms with van der Waals surface area (Å²) in [6.07, 6.45) is 0.855. The Morgan fingerprint density at radius 3 is 2.86 bits per heavy atom. The average Bonchev–Trinajstić information content (AvgIpc) is 2.19. The number of benzene rings is 1. The van der Waals surface area contributed by atoms with Crippen LogP contribution >= 0.6 is 0 Å². The molecule has 0 aliphatic rings. The van der Waals surface area contributed by atoms with E-state index in [-0.39, 0.29) is 5.69 Å². The Bertz CT molecular complexity index is 315. The maximum atomic E-state index is 10.6. The highest BCUT2D eigenvalue weighted by atomic mass is 16.6. The van der Waals surface area contributed by atoms with Gasteiger partial charge in [-0.25, -0.2) is 0 Å². The fourth-order valence-corrected chi connectivity index (χ4v) is 0.950. The van der Waals surface area contributed by atoms with Crippen molar-refractivity contribution in [2.24, 2.45) is 0 Å². The van der Waals surface area contributed by atoms with Crippen LogP contribution in [0, 0.1) is 10.1 Å². The maximum absolute atomic E-state index is 10.6. The van der Waals surface area contributed by atoms with Gasteiger partial charge in [-0.15, -0.1) is 0 Å². The summed E-state index contributed by atoms with van der Waals surface area (Å²) >= 11 is 0. The van der Waals surface area contributed by atoms with Crippen molar-refractivity contribution < 1.29 is 9.76 Å². The molecule has 5 nitrogen and oxygen atoms in total. The van der Waals surface area contributed by atoms with E-state index in [0.717, 1.165) is 6.42 Å². The van der Waals surface area contributed by atoms with Gasteiger partial charge in [-0.2, -0.15) is 0 Å². The Morgan fingerprint density at radius 2 is 2.21 bits per heavy atom. The number of nitro benzene ring substituents is 1. The number of nitro groups is 1. The Hall–Kier alpha value is -1.62. The first kappa shape index (κ1) is 10.5. The summed E-state index contributed by atoms with van der Waals surface area (Å²) in [4.78, 5) is 15.1. The van der Waals surface area contributed by atoms with Crippen molar-refractivity contribution in [2.75, 3.05) is 12.1 Å². The third-order valence-electron chi connectivity index (χ3n) is 1.59. The Balaban J connectivity index is 2.69. The van der Waals surface area contributed by atoms with E-state index in [0.29, 0.717) is 12.3 Å². The van der Waals surface area contributed by atoms with Gasteiger partial charge in [0, 0.05) is 6.07 Å². The molecule has 1 N–H and O–H groups in total. The largest absolute Gasteiger partial charge is 0.294 e. The Kier molecular flexibility index (Phi) is 3.87. The van der Waals surface area contributed by atoms with E-state index >= 15 is 0 Å². The zero-order valence-corrected chi connectivity index (χ0v) is 7.90. The summed E-state index contributed by atoms with van der Waals surface area (Å²) in [5.74, 6) is 0. The molecule has 0 aromatic heterocycles. The number of rotatable bonds is 5. The normalized spacial score (nSPS) is 9.79. The summed E-state index contributed by atoms with van der Waals surface area (Å²) in [6, 6.07) is 6.36. The molecule has 5 heteroatoms. The lowest BCUT2D eigenvalue weighted by atomic mass is 10.3.